The van der Waals surface area contributed by atoms with Crippen molar-refractivity contribution in [2.75, 3.05) is 19.8 Å². The number of esters is 1. The summed E-state index contributed by atoms with van der Waals surface area (Å²) in [5.41, 5.74) is 0. The number of unbranched alkanes of at least 4 members (excludes halogenated alkanes) is 11. The Kier molecular flexibility index (Phi) is 21.9. The van der Waals surface area contributed by atoms with Crippen LogP contribution >= 0.6 is 0 Å². The largest absolute Gasteiger partial charge is 0.480 e. The first-order valence-corrected chi connectivity index (χ1v) is 13.1. The number of ether oxygens (including phenoxy) is 2. The van der Waals surface area contributed by atoms with Crippen LogP contribution in [0, 0.1) is 0 Å². The van der Waals surface area contributed by atoms with Gasteiger partial charge in [0.15, 0.2) is 6.10 Å². The third-order valence-electron chi connectivity index (χ3n) is 5.80. The molecule has 1 fully saturated rings. The monoisotopic (exact) mass is 504 g/mol. The van der Waals surface area contributed by atoms with E-state index in [0.717, 1.165) is 32.1 Å². The van der Waals surface area contributed by atoms with E-state index in [2.05, 4.69) is 19.1 Å². The SMILES string of the molecule is CCCCCCCC/C=C\CCCCCCCC(=O)O[C@H](CO)[C@H]1OC[C@H](O)[C@H]1O.O=C(O)CO. The maximum atomic E-state index is 11.9. The average Bonchev–Trinajstić information content (AvgIpc) is 3.18. The Morgan fingerprint density at radius 1 is 0.914 bits per heavy atom. The fraction of sp³-hybridized carbons (Fsp3) is 0.846. The molecule has 0 spiro atoms. The number of allylic oxidation sites excluding steroid dienone is 2. The Morgan fingerprint density at radius 2 is 1.43 bits per heavy atom. The molecule has 0 amide bonds. The van der Waals surface area contributed by atoms with E-state index in [1.807, 2.05) is 0 Å². The highest BCUT2D eigenvalue weighted by Crippen LogP contribution is 2.20. The zero-order chi connectivity index (χ0) is 26.3. The zero-order valence-electron chi connectivity index (χ0n) is 21.4. The number of hydrogen-bond donors (Lipinski definition) is 5. The lowest BCUT2D eigenvalue weighted by molar-refractivity contribution is -0.162. The fourth-order valence-corrected chi connectivity index (χ4v) is 3.73. The van der Waals surface area contributed by atoms with Crippen LogP contribution in [0.4, 0.5) is 0 Å². The van der Waals surface area contributed by atoms with Crippen LogP contribution in [-0.2, 0) is 19.1 Å². The minimum atomic E-state index is -1.19. The van der Waals surface area contributed by atoms with Gasteiger partial charge in [-0.05, 0) is 32.1 Å². The predicted molar refractivity (Wildman–Crippen MR) is 133 cm³/mol. The predicted octanol–water partition coefficient (Wildman–Crippen LogP) is 3.11. The van der Waals surface area contributed by atoms with E-state index in [-0.39, 0.29) is 6.61 Å². The van der Waals surface area contributed by atoms with Crippen LogP contribution in [0.15, 0.2) is 12.2 Å². The first-order valence-electron chi connectivity index (χ1n) is 13.1. The van der Waals surface area contributed by atoms with Crippen molar-refractivity contribution >= 4 is 11.9 Å². The summed E-state index contributed by atoms with van der Waals surface area (Å²) < 4.78 is 10.4. The van der Waals surface area contributed by atoms with Gasteiger partial charge >= 0.3 is 11.9 Å². The maximum absolute atomic E-state index is 11.9. The van der Waals surface area contributed by atoms with Gasteiger partial charge in [0.25, 0.3) is 0 Å². The Hall–Kier alpha value is -1.52. The molecular formula is C26H48O9. The van der Waals surface area contributed by atoms with Gasteiger partial charge in [0.1, 0.15) is 24.9 Å². The summed E-state index contributed by atoms with van der Waals surface area (Å²) in [7, 11) is 0. The summed E-state index contributed by atoms with van der Waals surface area (Å²) in [6, 6.07) is 0. The van der Waals surface area contributed by atoms with E-state index in [9.17, 15) is 20.1 Å². The molecule has 0 radical (unpaired) electrons. The second-order valence-electron chi connectivity index (χ2n) is 8.95. The van der Waals surface area contributed by atoms with Crippen LogP contribution in [0.1, 0.15) is 96.8 Å². The lowest BCUT2D eigenvalue weighted by atomic mass is 10.1. The molecule has 1 rings (SSSR count). The molecule has 4 atom stereocenters. The topological polar surface area (TPSA) is 154 Å². The quantitative estimate of drug-likeness (QED) is 0.101. The minimum absolute atomic E-state index is 0.0197. The number of carboxylic acid groups (broad SMARTS) is 1. The third-order valence-corrected chi connectivity index (χ3v) is 5.80. The van der Waals surface area contributed by atoms with E-state index in [1.54, 1.807) is 0 Å². The van der Waals surface area contributed by atoms with Crippen LogP contribution in [0.5, 0.6) is 0 Å². The molecule has 0 aromatic rings. The maximum Gasteiger partial charge on any atom is 0.329 e. The number of hydrogen-bond acceptors (Lipinski definition) is 8. The molecule has 1 aliphatic rings. The van der Waals surface area contributed by atoms with E-state index >= 15 is 0 Å². The molecule has 1 saturated heterocycles. The Labute approximate surface area is 210 Å². The second kappa shape index (κ2) is 22.9. The smallest absolute Gasteiger partial charge is 0.329 e. The highest BCUT2D eigenvalue weighted by atomic mass is 16.6. The summed E-state index contributed by atoms with van der Waals surface area (Å²) in [5.74, 6) is -1.59. The van der Waals surface area contributed by atoms with Gasteiger partial charge in [-0.3, -0.25) is 4.79 Å². The molecule has 0 aromatic heterocycles. The van der Waals surface area contributed by atoms with Crippen molar-refractivity contribution < 1.29 is 44.6 Å². The van der Waals surface area contributed by atoms with Gasteiger partial charge in [-0.2, -0.15) is 0 Å². The first kappa shape index (κ1) is 33.5. The number of rotatable bonds is 19. The summed E-state index contributed by atoms with van der Waals surface area (Å²) in [6.45, 7) is 1.01. The summed E-state index contributed by atoms with van der Waals surface area (Å²) >= 11 is 0. The van der Waals surface area contributed by atoms with Crippen molar-refractivity contribution in [2.24, 2.45) is 0 Å². The molecule has 1 heterocycles. The van der Waals surface area contributed by atoms with Crippen LogP contribution < -0.4 is 0 Å². The molecule has 9 nitrogen and oxygen atoms in total. The van der Waals surface area contributed by atoms with Gasteiger partial charge in [-0.15, -0.1) is 0 Å². The van der Waals surface area contributed by atoms with Gasteiger partial charge < -0.3 is 35.0 Å². The minimum Gasteiger partial charge on any atom is -0.480 e. The lowest BCUT2D eigenvalue weighted by Gasteiger charge is -2.24. The van der Waals surface area contributed by atoms with Crippen LogP contribution in [0.25, 0.3) is 0 Å². The number of aliphatic carboxylic acids is 1. The molecule has 0 aliphatic carbocycles. The fourth-order valence-electron chi connectivity index (χ4n) is 3.73. The highest BCUT2D eigenvalue weighted by molar-refractivity contribution is 5.69. The van der Waals surface area contributed by atoms with Crippen molar-refractivity contribution in [1.82, 2.24) is 0 Å². The van der Waals surface area contributed by atoms with E-state index < -0.39 is 49.6 Å². The van der Waals surface area contributed by atoms with Crippen molar-refractivity contribution in [3.63, 3.8) is 0 Å². The average molecular weight is 505 g/mol. The van der Waals surface area contributed by atoms with Crippen molar-refractivity contribution in [3.8, 4) is 0 Å². The molecule has 9 heteroatoms. The Morgan fingerprint density at radius 3 is 1.89 bits per heavy atom. The van der Waals surface area contributed by atoms with Crippen molar-refractivity contribution in [1.29, 1.82) is 0 Å². The van der Waals surface area contributed by atoms with Gasteiger partial charge in [0, 0.05) is 6.42 Å². The Bertz CT molecular complexity index is 553. The molecule has 0 unspecified atom stereocenters. The second-order valence-corrected chi connectivity index (χ2v) is 8.95. The first-order chi connectivity index (χ1) is 16.9. The molecular weight excluding hydrogens is 456 g/mol. The van der Waals surface area contributed by atoms with Crippen LogP contribution in [0.2, 0.25) is 0 Å². The molecule has 0 aromatic carbocycles. The third kappa shape index (κ3) is 18.4. The molecule has 206 valence electrons. The van der Waals surface area contributed by atoms with Crippen LogP contribution in [0.3, 0.4) is 0 Å². The summed E-state index contributed by atoms with van der Waals surface area (Å²) in [5, 5.41) is 43.7. The number of carboxylic acids is 1. The van der Waals surface area contributed by atoms with Crippen molar-refractivity contribution in [3.05, 3.63) is 12.2 Å². The van der Waals surface area contributed by atoms with E-state index in [4.69, 9.17) is 24.5 Å². The van der Waals surface area contributed by atoms with Gasteiger partial charge in [0.2, 0.25) is 0 Å². The number of aliphatic hydroxyl groups excluding tert-OH is 4. The number of carbonyl (C=O) groups excluding carboxylic acids is 1. The standard InChI is InChI=1S/C24H44O6.C2H4O3/c1-2-3-4-5-6-7-8-9-10-11-12-13-14-15-16-17-22(27)30-21(18-25)24-23(28)20(26)19-29-24;3-1-2(4)5/h9-10,20-21,23-26,28H,2-8,11-19H2,1H3;3H,1H2,(H,4,5)/b10-9-;/t20-,21+,23+,24+;/m0./s1. The van der Waals surface area contributed by atoms with Gasteiger partial charge in [0.05, 0.1) is 13.2 Å². The van der Waals surface area contributed by atoms with Crippen molar-refractivity contribution in [2.45, 2.75) is 121 Å². The summed E-state index contributed by atoms with van der Waals surface area (Å²) in [6.07, 6.45) is 16.5. The lowest BCUT2D eigenvalue weighted by Crippen LogP contribution is -2.43. The van der Waals surface area contributed by atoms with E-state index in [1.165, 1.54) is 51.4 Å². The highest BCUT2D eigenvalue weighted by Gasteiger charge is 2.41. The van der Waals surface area contributed by atoms with Gasteiger partial charge in [-0.25, -0.2) is 4.79 Å². The number of carbonyl (C=O) groups is 2. The zero-order valence-corrected chi connectivity index (χ0v) is 21.4. The molecule has 0 saturated carbocycles. The summed E-state index contributed by atoms with van der Waals surface area (Å²) in [4.78, 5) is 21.1. The van der Waals surface area contributed by atoms with E-state index in [0.29, 0.717) is 6.42 Å². The molecule has 0 bridgehead atoms. The Balaban J connectivity index is 0.00000209. The van der Waals surface area contributed by atoms with Crippen LogP contribution in [-0.4, -0.2) is 81.7 Å². The molecule has 1 aliphatic heterocycles. The molecule has 35 heavy (non-hydrogen) atoms. The molecule has 5 N–H and O–H groups in total. The normalized spacial score (nSPS) is 20.4. The number of aliphatic hydroxyl groups is 4. The van der Waals surface area contributed by atoms with Gasteiger partial charge in [-0.1, -0.05) is 70.4 Å².